The molecule has 7 rings (SSSR count). The van der Waals surface area contributed by atoms with Gasteiger partial charge in [-0.2, -0.15) is 0 Å². The number of likely N-dealkylation sites (tertiary alicyclic amines) is 1. The Morgan fingerprint density at radius 1 is 1.19 bits per heavy atom. The van der Waals surface area contributed by atoms with E-state index >= 15 is 8.78 Å². The molecule has 11 nitrogen and oxygen atoms in total. The SMILES string of the molecule is [C-]#[N+]C1(c2ccc(-c3c(F)cc(N4C[C@H](Cn5ccnn5)OC4=O)cc3F)cn2)[C@@H]2CN(C(=O)[C@@H]3C[C@H](F)CN3)C[C@@H]21. The fraction of sp³-hybridized carbons (Fsp3) is 0.429. The molecular weight excluding hydrogens is 553 g/mol. The molecule has 2 aromatic heterocycles. The van der Waals surface area contributed by atoms with Crippen molar-refractivity contribution in [2.24, 2.45) is 11.8 Å². The highest BCUT2D eigenvalue weighted by molar-refractivity contribution is 5.90. The van der Waals surface area contributed by atoms with Gasteiger partial charge in [-0.25, -0.2) is 29.2 Å². The van der Waals surface area contributed by atoms with Gasteiger partial charge in [0.2, 0.25) is 5.91 Å². The maximum absolute atomic E-state index is 15.3. The molecule has 0 radical (unpaired) electrons. The number of anilines is 1. The number of hydrogen-bond donors (Lipinski definition) is 1. The Morgan fingerprint density at radius 3 is 2.55 bits per heavy atom. The molecule has 5 heterocycles. The van der Waals surface area contributed by atoms with Crippen LogP contribution in [0.4, 0.5) is 23.7 Å². The molecule has 2 amide bonds. The van der Waals surface area contributed by atoms with Crippen molar-refractivity contribution in [3.8, 4) is 11.1 Å². The van der Waals surface area contributed by atoms with Gasteiger partial charge in [-0.1, -0.05) is 11.3 Å². The maximum Gasteiger partial charge on any atom is 0.414 e. The van der Waals surface area contributed by atoms with Gasteiger partial charge in [-0.05, 0) is 18.2 Å². The van der Waals surface area contributed by atoms with Crippen molar-refractivity contribution in [2.75, 3.05) is 31.1 Å². The van der Waals surface area contributed by atoms with Crippen LogP contribution in [0.1, 0.15) is 12.1 Å². The summed E-state index contributed by atoms with van der Waals surface area (Å²) in [6, 6.07) is 4.74. The van der Waals surface area contributed by atoms with Crippen molar-refractivity contribution in [3.63, 3.8) is 0 Å². The molecule has 42 heavy (non-hydrogen) atoms. The van der Waals surface area contributed by atoms with E-state index in [1.807, 2.05) is 0 Å². The fourth-order valence-electron chi connectivity index (χ4n) is 6.62. The summed E-state index contributed by atoms with van der Waals surface area (Å²) in [5.74, 6) is -2.12. The molecule has 0 bridgehead atoms. The van der Waals surface area contributed by atoms with Gasteiger partial charge in [-0.3, -0.25) is 14.7 Å². The number of halogens is 3. The van der Waals surface area contributed by atoms with Gasteiger partial charge in [0.1, 0.15) is 29.6 Å². The molecule has 3 saturated heterocycles. The molecule has 4 fully saturated rings. The number of nitrogens with zero attached hydrogens (tertiary/aromatic N) is 7. The Hall–Kier alpha value is -4.51. The van der Waals surface area contributed by atoms with Crippen LogP contribution in [0.2, 0.25) is 0 Å². The molecule has 6 atom stereocenters. The Balaban J connectivity index is 1.05. The van der Waals surface area contributed by atoms with Crippen molar-refractivity contribution in [2.45, 2.75) is 36.8 Å². The van der Waals surface area contributed by atoms with Crippen LogP contribution in [0, 0.1) is 30.0 Å². The fourth-order valence-corrected chi connectivity index (χ4v) is 6.62. The number of aromatic nitrogens is 4. The number of pyridine rings is 1. The zero-order chi connectivity index (χ0) is 29.2. The summed E-state index contributed by atoms with van der Waals surface area (Å²) < 4.78 is 50.9. The van der Waals surface area contributed by atoms with Crippen molar-refractivity contribution in [3.05, 3.63) is 71.6 Å². The molecule has 4 aliphatic rings. The Kier molecular flexibility index (Phi) is 6.16. The first-order valence-corrected chi connectivity index (χ1v) is 13.6. The number of ether oxygens (including phenoxy) is 1. The van der Waals surface area contributed by atoms with Gasteiger partial charge in [0.05, 0.1) is 48.4 Å². The van der Waals surface area contributed by atoms with Crippen LogP contribution in [-0.2, 0) is 21.6 Å². The zero-order valence-electron chi connectivity index (χ0n) is 22.2. The first kappa shape index (κ1) is 26.4. The molecule has 1 aromatic carbocycles. The van der Waals surface area contributed by atoms with Gasteiger partial charge in [0.15, 0.2) is 0 Å². The highest BCUT2D eigenvalue weighted by Gasteiger charge is 2.78. The number of fused-ring (bicyclic) bond motifs is 1. The van der Waals surface area contributed by atoms with E-state index in [0.29, 0.717) is 18.8 Å². The number of hydrogen-bond acceptors (Lipinski definition) is 7. The largest absolute Gasteiger partial charge is 0.442 e. The van der Waals surface area contributed by atoms with E-state index in [1.165, 1.54) is 23.1 Å². The minimum Gasteiger partial charge on any atom is -0.442 e. The third-order valence-corrected chi connectivity index (χ3v) is 8.75. The summed E-state index contributed by atoms with van der Waals surface area (Å²) in [6.45, 7) is 9.17. The molecule has 1 saturated carbocycles. The van der Waals surface area contributed by atoms with Gasteiger partial charge < -0.3 is 19.8 Å². The second-order valence-electron chi connectivity index (χ2n) is 11.1. The summed E-state index contributed by atoms with van der Waals surface area (Å²) in [6.07, 6.45) is 2.28. The number of carbonyl (C=O) groups excluding carboxylic acids is 2. The summed E-state index contributed by atoms with van der Waals surface area (Å²) in [5, 5.41) is 10.4. The highest BCUT2D eigenvalue weighted by atomic mass is 19.1. The van der Waals surface area contributed by atoms with Crippen molar-refractivity contribution < 1.29 is 27.5 Å². The van der Waals surface area contributed by atoms with Crippen molar-refractivity contribution in [1.82, 2.24) is 30.2 Å². The second-order valence-corrected chi connectivity index (χ2v) is 11.1. The predicted molar refractivity (Wildman–Crippen MR) is 140 cm³/mol. The van der Waals surface area contributed by atoms with Crippen LogP contribution >= 0.6 is 0 Å². The standard InChI is InChI=1S/C28H25F3N8O3/c1-32-28(19-13-37(14-20(19)28)26(40)23-6-16(29)10-33-23)24-3-2-15(9-34-24)25-21(30)7-17(8-22(25)31)39-12-18(42-27(39)41)11-38-5-4-35-36-38/h2-5,7-9,16,18-20,23,33H,6,10-14H2/t16-,18-,19-,20+,23-,28?/m0/s1. The van der Waals surface area contributed by atoms with Gasteiger partial charge in [0.25, 0.3) is 5.54 Å². The van der Waals surface area contributed by atoms with Crippen LogP contribution in [0.5, 0.6) is 0 Å². The minimum atomic E-state index is -1.04. The minimum absolute atomic E-state index is 0.0242. The van der Waals surface area contributed by atoms with E-state index in [0.717, 1.165) is 17.0 Å². The summed E-state index contributed by atoms with van der Waals surface area (Å²) >= 11 is 0. The highest BCUT2D eigenvalue weighted by Crippen LogP contribution is 2.64. The molecule has 14 heteroatoms. The average Bonchev–Trinajstić information content (AvgIpc) is 3.62. The smallest absolute Gasteiger partial charge is 0.414 e. The lowest BCUT2D eigenvalue weighted by molar-refractivity contribution is -0.132. The number of nitrogens with one attached hydrogen (secondary N) is 1. The summed E-state index contributed by atoms with van der Waals surface area (Å²) in [5.41, 5.74) is -0.507. The molecule has 3 aliphatic heterocycles. The molecule has 1 unspecified atom stereocenters. The number of benzene rings is 1. The molecule has 216 valence electrons. The number of piperidine rings is 1. The Morgan fingerprint density at radius 2 is 1.95 bits per heavy atom. The van der Waals surface area contributed by atoms with Crippen molar-refractivity contribution in [1.29, 1.82) is 0 Å². The third kappa shape index (κ3) is 4.18. The predicted octanol–water partition coefficient (Wildman–Crippen LogP) is 2.55. The normalized spacial score (nSPS) is 29.9. The Bertz CT molecular complexity index is 1560. The van der Waals surface area contributed by atoms with Crippen LogP contribution < -0.4 is 10.2 Å². The Labute approximate surface area is 238 Å². The number of rotatable bonds is 6. The average molecular weight is 579 g/mol. The number of amides is 2. The van der Waals surface area contributed by atoms with E-state index in [4.69, 9.17) is 11.3 Å². The van der Waals surface area contributed by atoms with Gasteiger partial charge in [-0.15, -0.1) is 5.10 Å². The quantitative estimate of drug-likeness (QED) is 0.448. The lowest BCUT2D eigenvalue weighted by Crippen LogP contribution is -2.44. The number of alkyl halides is 1. The van der Waals surface area contributed by atoms with Gasteiger partial charge in [0, 0.05) is 44.0 Å². The lowest BCUT2D eigenvalue weighted by Gasteiger charge is -2.24. The van der Waals surface area contributed by atoms with E-state index in [9.17, 15) is 14.0 Å². The van der Waals surface area contributed by atoms with E-state index < -0.39 is 41.6 Å². The lowest BCUT2D eigenvalue weighted by atomic mass is 10.0. The van der Waals surface area contributed by atoms with Crippen molar-refractivity contribution >= 4 is 17.7 Å². The van der Waals surface area contributed by atoms with Crippen LogP contribution in [0.3, 0.4) is 0 Å². The first-order valence-electron chi connectivity index (χ1n) is 13.6. The summed E-state index contributed by atoms with van der Waals surface area (Å²) in [7, 11) is 0. The monoisotopic (exact) mass is 578 g/mol. The first-order chi connectivity index (χ1) is 20.3. The van der Waals surface area contributed by atoms with E-state index in [2.05, 4.69) is 25.5 Å². The maximum atomic E-state index is 15.3. The molecule has 3 aromatic rings. The zero-order valence-corrected chi connectivity index (χ0v) is 22.2. The van der Waals surface area contributed by atoms with Crippen LogP contribution in [0.25, 0.3) is 16.0 Å². The molecular formula is C28H25F3N8O3. The molecule has 1 N–H and O–H groups in total. The van der Waals surface area contributed by atoms with E-state index in [1.54, 1.807) is 17.2 Å². The summed E-state index contributed by atoms with van der Waals surface area (Å²) in [4.78, 5) is 36.3. The molecule has 0 spiro atoms. The van der Waals surface area contributed by atoms with Crippen LogP contribution in [0.15, 0.2) is 42.9 Å². The topological polar surface area (TPSA) is 110 Å². The van der Waals surface area contributed by atoms with Crippen LogP contribution in [-0.4, -0.2) is 81.4 Å². The molecule has 1 aliphatic carbocycles. The second kappa shape index (κ2) is 9.80. The number of cyclic esters (lactones) is 1. The van der Waals surface area contributed by atoms with E-state index in [-0.39, 0.29) is 60.6 Å². The third-order valence-electron chi connectivity index (χ3n) is 8.75. The number of carbonyl (C=O) groups is 2. The van der Waals surface area contributed by atoms with Gasteiger partial charge >= 0.3 is 6.09 Å².